The van der Waals surface area contributed by atoms with E-state index in [2.05, 4.69) is 5.43 Å². The fourth-order valence-corrected chi connectivity index (χ4v) is 2.61. The summed E-state index contributed by atoms with van der Waals surface area (Å²) >= 11 is 0. The lowest BCUT2D eigenvalue weighted by molar-refractivity contribution is -0.0840. The molecule has 4 nitrogen and oxygen atoms in total. The van der Waals surface area contributed by atoms with Crippen LogP contribution in [-0.2, 0) is 4.74 Å². The largest absolute Gasteiger partial charge is 0.497 e. The molecule has 0 aliphatic heterocycles. The van der Waals surface area contributed by atoms with Gasteiger partial charge in [-0.1, -0.05) is 6.07 Å². The van der Waals surface area contributed by atoms with Crippen LogP contribution >= 0.6 is 0 Å². The zero-order valence-corrected chi connectivity index (χ0v) is 11.4. The Labute approximate surface area is 113 Å². The summed E-state index contributed by atoms with van der Waals surface area (Å²) in [7, 11) is 3.22. The lowest BCUT2D eigenvalue weighted by Crippen LogP contribution is -2.44. The van der Waals surface area contributed by atoms with Crippen molar-refractivity contribution in [3.63, 3.8) is 0 Å². The van der Waals surface area contributed by atoms with Gasteiger partial charge >= 0.3 is 0 Å². The molecule has 0 amide bonds. The lowest BCUT2D eigenvalue weighted by atomic mass is 9.74. The molecule has 1 unspecified atom stereocenters. The normalized spacial score (nSPS) is 18.7. The first-order chi connectivity index (χ1) is 9.14. The summed E-state index contributed by atoms with van der Waals surface area (Å²) in [6.45, 7) is 0. The van der Waals surface area contributed by atoms with Crippen molar-refractivity contribution in [1.82, 2.24) is 5.43 Å². The molecule has 1 saturated carbocycles. The van der Waals surface area contributed by atoms with Crippen molar-refractivity contribution in [3.8, 4) is 5.75 Å². The van der Waals surface area contributed by atoms with Crippen molar-refractivity contribution in [1.29, 1.82) is 0 Å². The molecule has 5 heteroatoms. The minimum absolute atomic E-state index is 0.163. The topological polar surface area (TPSA) is 56.5 Å². The van der Waals surface area contributed by atoms with Gasteiger partial charge < -0.3 is 9.47 Å². The Bertz CT molecular complexity index is 430. The van der Waals surface area contributed by atoms with E-state index in [4.69, 9.17) is 15.3 Å². The number of hydrazine groups is 1. The van der Waals surface area contributed by atoms with Gasteiger partial charge in [-0.15, -0.1) is 0 Å². The number of methoxy groups -OCH3 is 2. The molecule has 0 heterocycles. The molecule has 1 aromatic rings. The van der Waals surface area contributed by atoms with Gasteiger partial charge in [-0.05, 0) is 31.7 Å². The van der Waals surface area contributed by atoms with Crippen molar-refractivity contribution in [2.24, 2.45) is 5.84 Å². The Kier molecular flexibility index (Phi) is 4.39. The maximum absolute atomic E-state index is 14.1. The Balaban J connectivity index is 2.17. The molecule has 19 heavy (non-hydrogen) atoms. The van der Waals surface area contributed by atoms with Crippen LogP contribution in [0.5, 0.6) is 5.75 Å². The zero-order chi connectivity index (χ0) is 13.9. The van der Waals surface area contributed by atoms with E-state index in [1.165, 1.54) is 13.2 Å². The molecule has 3 N–H and O–H groups in total. The molecule has 1 aromatic carbocycles. The van der Waals surface area contributed by atoms with Crippen LogP contribution in [-0.4, -0.2) is 19.8 Å². The van der Waals surface area contributed by atoms with Crippen LogP contribution in [0.4, 0.5) is 4.39 Å². The second kappa shape index (κ2) is 5.86. The molecule has 2 rings (SSSR count). The molecule has 1 fully saturated rings. The first kappa shape index (κ1) is 14.2. The predicted molar refractivity (Wildman–Crippen MR) is 71.2 cm³/mol. The molecule has 1 aliphatic carbocycles. The monoisotopic (exact) mass is 268 g/mol. The Morgan fingerprint density at radius 1 is 1.42 bits per heavy atom. The predicted octanol–water partition coefficient (Wildman–Crippen LogP) is 2.30. The Morgan fingerprint density at radius 2 is 2.16 bits per heavy atom. The number of rotatable bonds is 6. The van der Waals surface area contributed by atoms with Gasteiger partial charge in [-0.3, -0.25) is 11.3 Å². The summed E-state index contributed by atoms with van der Waals surface area (Å²) in [5.74, 6) is 5.77. The maximum Gasteiger partial charge on any atom is 0.131 e. The SMILES string of the molecule is COc1ccc(C(CC2(OC)CCC2)NN)c(F)c1. The van der Waals surface area contributed by atoms with Gasteiger partial charge in [0.15, 0.2) is 0 Å². The zero-order valence-electron chi connectivity index (χ0n) is 11.4. The number of ether oxygens (including phenoxy) is 2. The summed E-state index contributed by atoms with van der Waals surface area (Å²) in [5, 5.41) is 0. The van der Waals surface area contributed by atoms with Crippen LogP contribution < -0.4 is 16.0 Å². The number of hydrogen-bond acceptors (Lipinski definition) is 4. The van der Waals surface area contributed by atoms with E-state index in [0.717, 1.165) is 19.3 Å². The van der Waals surface area contributed by atoms with Gasteiger partial charge in [0.25, 0.3) is 0 Å². The highest BCUT2D eigenvalue weighted by Crippen LogP contribution is 2.42. The molecule has 0 radical (unpaired) electrons. The second-order valence-electron chi connectivity index (χ2n) is 5.05. The van der Waals surface area contributed by atoms with Gasteiger partial charge in [-0.25, -0.2) is 4.39 Å². The van der Waals surface area contributed by atoms with Crippen molar-refractivity contribution < 1.29 is 13.9 Å². The van der Waals surface area contributed by atoms with Gasteiger partial charge in [0.05, 0.1) is 18.8 Å². The van der Waals surface area contributed by atoms with Crippen LogP contribution in [0.1, 0.15) is 37.3 Å². The fraction of sp³-hybridized carbons (Fsp3) is 0.571. The standard InChI is InChI=1S/C14H21FN2O2/c1-18-10-4-5-11(12(15)8-10)13(17-16)9-14(19-2)6-3-7-14/h4-5,8,13,17H,3,6-7,9,16H2,1-2H3. The molecule has 0 aromatic heterocycles. The van der Waals surface area contributed by atoms with E-state index in [1.807, 2.05) is 0 Å². The Morgan fingerprint density at radius 3 is 2.58 bits per heavy atom. The molecule has 1 atom stereocenters. The quantitative estimate of drug-likeness (QED) is 0.614. The molecule has 1 aliphatic rings. The van der Waals surface area contributed by atoms with Crippen LogP contribution in [0.2, 0.25) is 0 Å². The molecule has 106 valence electrons. The van der Waals surface area contributed by atoms with Crippen molar-refractivity contribution in [3.05, 3.63) is 29.6 Å². The highest BCUT2D eigenvalue weighted by molar-refractivity contribution is 5.31. The molecular weight excluding hydrogens is 247 g/mol. The Hall–Kier alpha value is -1.17. The number of nitrogens with one attached hydrogen (secondary N) is 1. The summed E-state index contributed by atoms with van der Waals surface area (Å²) in [6, 6.07) is 4.56. The van der Waals surface area contributed by atoms with Crippen LogP contribution in [0.3, 0.4) is 0 Å². The first-order valence-corrected chi connectivity index (χ1v) is 6.49. The van der Waals surface area contributed by atoms with Crippen LogP contribution in [0.15, 0.2) is 18.2 Å². The van der Waals surface area contributed by atoms with E-state index < -0.39 is 0 Å². The summed E-state index contributed by atoms with van der Waals surface area (Å²) in [4.78, 5) is 0. The second-order valence-corrected chi connectivity index (χ2v) is 5.05. The number of benzene rings is 1. The van der Waals surface area contributed by atoms with Gasteiger partial charge in [0.1, 0.15) is 11.6 Å². The van der Waals surface area contributed by atoms with Gasteiger partial charge in [0, 0.05) is 18.7 Å². The summed E-state index contributed by atoms with van der Waals surface area (Å²) < 4.78 is 24.6. The first-order valence-electron chi connectivity index (χ1n) is 6.49. The van der Waals surface area contributed by atoms with Crippen molar-refractivity contribution in [2.75, 3.05) is 14.2 Å². The fourth-order valence-electron chi connectivity index (χ4n) is 2.61. The summed E-state index contributed by atoms with van der Waals surface area (Å²) in [6.07, 6.45) is 3.82. The highest BCUT2D eigenvalue weighted by atomic mass is 19.1. The molecule has 0 bridgehead atoms. The molecule has 0 spiro atoms. The minimum atomic E-state index is -0.312. The van der Waals surface area contributed by atoms with E-state index in [-0.39, 0.29) is 17.5 Å². The summed E-state index contributed by atoms with van der Waals surface area (Å²) in [5.41, 5.74) is 3.08. The smallest absolute Gasteiger partial charge is 0.131 e. The lowest BCUT2D eigenvalue weighted by Gasteiger charge is -2.42. The van der Waals surface area contributed by atoms with E-state index in [0.29, 0.717) is 17.7 Å². The third-order valence-electron chi connectivity index (χ3n) is 4.06. The van der Waals surface area contributed by atoms with E-state index >= 15 is 0 Å². The third-order valence-corrected chi connectivity index (χ3v) is 4.06. The van der Waals surface area contributed by atoms with Gasteiger partial charge in [0.2, 0.25) is 0 Å². The number of hydrogen-bond donors (Lipinski definition) is 2. The maximum atomic E-state index is 14.1. The highest BCUT2D eigenvalue weighted by Gasteiger charge is 2.39. The average Bonchev–Trinajstić information content (AvgIpc) is 2.39. The molecule has 0 saturated heterocycles. The van der Waals surface area contributed by atoms with Crippen molar-refractivity contribution >= 4 is 0 Å². The van der Waals surface area contributed by atoms with Crippen LogP contribution in [0, 0.1) is 5.82 Å². The third kappa shape index (κ3) is 2.88. The number of nitrogens with two attached hydrogens (primary N) is 1. The van der Waals surface area contributed by atoms with Gasteiger partial charge in [-0.2, -0.15) is 0 Å². The van der Waals surface area contributed by atoms with Crippen LogP contribution in [0.25, 0.3) is 0 Å². The van der Waals surface area contributed by atoms with E-state index in [9.17, 15) is 4.39 Å². The van der Waals surface area contributed by atoms with Crippen molar-refractivity contribution in [2.45, 2.75) is 37.3 Å². The minimum Gasteiger partial charge on any atom is -0.497 e. The molecular formula is C14H21FN2O2. The number of halogens is 1. The van der Waals surface area contributed by atoms with E-state index in [1.54, 1.807) is 19.2 Å². The average molecular weight is 268 g/mol.